The molecule has 0 radical (unpaired) electrons. The third-order valence-corrected chi connectivity index (χ3v) is 5.63. The summed E-state index contributed by atoms with van der Waals surface area (Å²) in [5.74, 6) is 0. The first-order chi connectivity index (χ1) is 13.1. The van der Waals surface area contributed by atoms with E-state index in [1.165, 1.54) is 44.6 Å². The molecule has 2 aliphatic carbocycles. The quantitative estimate of drug-likeness (QED) is 0.517. The van der Waals surface area contributed by atoms with Crippen LogP contribution in [0.2, 0.25) is 0 Å². The van der Waals surface area contributed by atoms with Crippen molar-refractivity contribution in [2.75, 3.05) is 0 Å². The van der Waals surface area contributed by atoms with E-state index >= 15 is 0 Å². The van der Waals surface area contributed by atoms with E-state index < -0.39 is 0 Å². The lowest BCUT2D eigenvalue weighted by molar-refractivity contribution is 0.771. The minimum atomic E-state index is -0.334. The molecule has 2 aliphatic rings. The molecule has 136 valence electrons. The molecule has 0 saturated carbocycles. The number of allylic oxidation sites excluding steroid dienone is 14. The summed E-state index contributed by atoms with van der Waals surface area (Å²) < 4.78 is 0. The van der Waals surface area contributed by atoms with Gasteiger partial charge in [-0.25, -0.2) is 0 Å². The fourth-order valence-electron chi connectivity index (χ4n) is 4.76. The van der Waals surface area contributed by atoms with Gasteiger partial charge < -0.3 is 0 Å². The molecule has 0 nitrogen and oxygen atoms in total. The van der Waals surface area contributed by atoms with E-state index in [1.54, 1.807) is 0 Å². The summed E-state index contributed by atoms with van der Waals surface area (Å²) in [6.45, 7) is 16.8. The molecule has 0 bridgehead atoms. The molecule has 0 amide bonds. The van der Waals surface area contributed by atoms with Gasteiger partial charge in [0.15, 0.2) is 0 Å². The number of rotatable bonds is 5. The molecule has 0 saturated heterocycles. The van der Waals surface area contributed by atoms with Crippen molar-refractivity contribution in [2.24, 2.45) is 0 Å². The Morgan fingerprint density at radius 3 is 1.96 bits per heavy atom. The van der Waals surface area contributed by atoms with Crippen LogP contribution in [0.25, 0.3) is 5.57 Å². The first-order valence-corrected chi connectivity index (χ1v) is 9.57. The minimum absolute atomic E-state index is 0.334. The fraction of sp³-hybridized carbons (Fsp3) is 0.185. The van der Waals surface area contributed by atoms with Gasteiger partial charge in [0.05, 0.1) is 5.41 Å². The molecule has 0 heterocycles. The van der Waals surface area contributed by atoms with E-state index in [0.29, 0.717) is 0 Å². The zero-order valence-corrected chi connectivity index (χ0v) is 16.8. The van der Waals surface area contributed by atoms with Crippen LogP contribution in [0, 0.1) is 0 Å². The number of benzene rings is 1. The highest BCUT2D eigenvalue weighted by Crippen LogP contribution is 2.61. The van der Waals surface area contributed by atoms with Crippen molar-refractivity contribution in [3.05, 3.63) is 125 Å². The standard InChI is InChI=1S/C27H28/c1-7-14-21-22-17-12-13-18-26(22)27(23(21)11-5)24(15-8-2)19(6)20(10-4)25(27)16-9-3/h7-18H,4-5H2,1-3,6H3/b14-7-,15-8-,16-9-. The minimum Gasteiger partial charge on any atom is -0.0987 e. The van der Waals surface area contributed by atoms with Gasteiger partial charge in [-0.3, -0.25) is 0 Å². The summed E-state index contributed by atoms with van der Waals surface area (Å²) in [6, 6.07) is 8.75. The van der Waals surface area contributed by atoms with E-state index in [1.807, 2.05) is 12.2 Å². The molecule has 1 aromatic rings. The highest BCUT2D eigenvalue weighted by Gasteiger charge is 2.51. The van der Waals surface area contributed by atoms with E-state index in [9.17, 15) is 0 Å². The average molecular weight is 353 g/mol. The average Bonchev–Trinajstić information content (AvgIpc) is 3.08. The number of hydrogen-bond acceptors (Lipinski definition) is 0. The van der Waals surface area contributed by atoms with Crippen LogP contribution in [0.3, 0.4) is 0 Å². The van der Waals surface area contributed by atoms with Gasteiger partial charge in [0.25, 0.3) is 0 Å². The smallest absolute Gasteiger partial charge is 0.0721 e. The van der Waals surface area contributed by atoms with Gasteiger partial charge in [0.2, 0.25) is 0 Å². The maximum Gasteiger partial charge on any atom is 0.0721 e. The van der Waals surface area contributed by atoms with Crippen LogP contribution in [0.4, 0.5) is 0 Å². The van der Waals surface area contributed by atoms with Crippen LogP contribution in [-0.4, -0.2) is 0 Å². The van der Waals surface area contributed by atoms with E-state index in [0.717, 1.165) is 0 Å². The van der Waals surface area contributed by atoms with Gasteiger partial charge in [-0.2, -0.15) is 0 Å². The Hall–Kier alpha value is -2.86. The highest BCUT2D eigenvalue weighted by molar-refractivity contribution is 5.94. The highest BCUT2D eigenvalue weighted by atomic mass is 14.5. The van der Waals surface area contributed by atoms with Crippen LogP contribution in [0.5, 0.6) is 0 Å². The molecule has 3 rings (SSSR count). The van der Waals surface area contributed by atoms with Gasteiger partial charge in [-0.05, 0) is 72.3 Å². The third kappa shape index (κ3) is 2.44. The Kier molecular flexibility index (Phi) is 5.19. The number of hydrogen-bond donors (Lipinski definition) is 0. The fourth-order valence-corrected chi connectivity index (χ4v) is 4.76. The molecule has 0 fully saturated rings. The van der Waals surface area contributed by atoms with Gasteiger partial charge in [-0.15, -0.1) is 0 Å². The van der Waals surface area contributed by atoms with Crippen LogP contribution in [0.1, 0.15) is 38.8 Å². The van der Waals surface area contributed by atoms with Crippen LogP contribution in [-0.2, 0) is 5.41 Å². The van der Waals surface area contributed by atoms with Crippen molar-refractivity contribution in [1.82, 2.24) is 0 Å². The molecule has 1 spiro atoms. The second-order valence-electron chi connectivity index (χ2n) is 6.90. The third-order valence-electron chi connectivity index (χ3n) is 5.63. The summed E-state index contributed by atoms with van der Waals surface area (Å²) in [5, 5.41) is 0. The second kappa shape index (κ2) is 7.40. The molecule has 0 aromatic heterocycles. The van der Waals surface area contributed by atoms with Crippen LogP contribution >= 0.6 is 0 Å². The topological polar surface area (TPSA) is 0 Å². The molecule has 0 N–H and O–H groups in total. The van der Waals surface area contributed by atoms with E-state index in [4.69, 9.17) is 0 Å². The van der Waals surface area contributed by atoms with E-state index in [2.05, 4.69) is 102 Å². The summed E-state index contributed by atoms with van der Waals surface area (Å²) in [5.41, 5.74) is 9.88. The lowest BCUT2D eigenvalue weighted by Gasteiger charge is -2.33. The lowest BCUT2D eigenvalue weighted by atomic mass is 9.67. The maximum absolute atomic E-state index is 4.23. The maximum atomic E-state index is 4.23. The Balaban J connectivity index is 2.59. The zero-order valence-electron chi connectivity index (χ0n) is 16.8. The normalized spacial score (nSPS) is 22.4. The van der Waals surface area contributed by atoms with Crippen molar-refractivity contribution in [3.8, 4) is 0 Å². The summed E-state index contributed by atoms with van der Waals surface area (Å²) >= 11 is 0. The monoisotopic (exact) mass is 352 g/mol. The lowest BCUT2D eigenvalue weighted by Crippen LogP contribution is -2.28. The molecule has 27 heavy (non-hydrogen) atoms. The molecule has 1 unspecified atom stereocenters. The predicted octanol–water partition coefficient (Wildman–Crippen LogP) is 7.42. The van der Waals surface area contributed by atoms with E-state index in [-0.39, 0.29) is 5.41 Å². The first-order valence-electron chi connectivity index (χ1n) is 9.57. The van der Waals surface area contributed by atoms with Crippen molar-refractivity contribution >= 4 is 5.57 Å². The Morgan fingerprint density at radius 1 is 0.741 bits per heavy atom. The van der Waals surface area contributed by atoms with Gasteiger partial charge in [0.1, 0.15) is 0 Å². The van der Waals surface area contributed by atoms with Crippen molar-refractivity contribution in [1.29, 1.82) is 0 Å². The Bertz CT molecular complexity index is 983. The van der Waals surface area contributed by atoms with Gasteiger partial charge >= 0.3 is 0 Å². The molecule has 0 heteroatoms. The first kappa shape index (κ1) is 18.9. The summed E-state index contributed by atoms with van der Waals surface area (Å²) in [6.07, 6.45) is 17.1. The van der Waals surface area contributed by atoms with Gasteiger partial charge in [0, 0.05) is 0 Å². The van der Waals surface area contributed by atoms with Crippen molar-refractivity contribution < 1.29 is 0 Å². The Labute approximate surface area is 164 Å². The summed E-state index contributed by atoms with van der Waals surface area (Å²) in [7, 11) is 0. The number of fused-ring (bicyclic) bond motifs is 2. The van der Waals surface area contributed by atoms with Crippen LogP contribution < -0.4 is 0 Å². The van der Waals surface area contributed by atoms with Crippen LogP contribution in [0.15, 0.2) is 114 Å². The van der Waals surface area contributed by atoms with Gasteiger partial charge in [-0.1, -0.05) is 86.0 Å². The molecule has 1 aromatic carbocycles. The second-order valence-corrected chi connectivity index (χ2v) is 6.90. The Morgan fingerprint density at radius 2 is 1.37 bits per heavy atom. The zero-order chi connectivity index (χ0) is 19.6. The molecular weight excluding hydrogens is 324 g/mol. The molecule has 0 aliphatic heterocycles. The predicted molar refractivity (Wildman–Crippen MR) is 120 cm³/mol. The SMILES string of the molecule is C=CC1=C(/C=C\C)C2(C(C=C)=C(/C=C\C)c3ccccc32)C(/C=C\C)=C1C. The van der Waals surface area contributed by atoms with Crippen molar-refractivity contribution in [2.45, 2.75) is 33.1 Å². The largest absolute Gasteiger partial charge is 0.0987 e. The molecular formula is C27H28. The van der Waals surface area contributed by atoms with Crippen molar-refractivity contribution in [3.63, 3.8) is 0 Å². The summed E-state index contributed by atoms with van der Waals surface area (Å²) in [4.78, 5) is 0. The molecule has 1 atom stereocenters.